The van der Waals surface area contributed by atoms with Crippen molar-refractivity contribution >= 4 is 52.2 Å². The molecule has 0 fully saturated rings. The first kappa shape index (κ1) is 61.9. The fourth-order valence-electron chi connectivity index (χ4n) is 8.08. The molecule has 0 aliphatic rings. The number of hydrogen-bond acceptors (Lipinski definition) is 17. The average molecular weight is 1100 g/mol. The van der Waals surface area contributed by atoms with Gasteiger partial charge in [0.05, 0.1) is 82.9 Å². The number of unbranched alkanes of at least 4 members (excludes halogenated alkanes) is 1. The van der Waals surface area contributed by atoms with Crippen LogP contribution in [0.25, 0.3) is 11.0 Å². The lowest BCUT2D eigenvalue weighted by atomic mass is 10.1. The van der Waals surface area contributed by atoms with Gasteiger partial charge in [-0.05, 0) is 120 Å². The molecule has 4 amide bonds. The molecule has 0 radical (unpaired) electrons. The van der Waals surface area contributed by atoms with Gasteiger partial charge in [-0.3, -0.25) is 29.3 Å². The molecule has 3 aromatic heterocycles. The zero-order valence-corrected chi connectivity index (χ0v) is 45.1. The van der Waals surface area contributed by atoms with E-state index in [9.17, 15) is 33.9 Å². The van der Waals surface area contributed by atoms with Crippen molar-refractivity contribution in [2.45, 2.75) is 104 Å². The van der Waals surface area contributed by atoms with Gasteiger partial charge in [0.15, 0.2) is 5.96 Å². The lowest BCUT2D eigenvalue weighted by molar-refractivity contribution is -0.131. The van der Waals surface area contributed by atoms with Gasteiger partial charge in [-0.15, -0.1) is 5.10 Å². The number of aromatic amines is 1. The Morgan fingerprint density at radius 3 is 2.14 bits per heavy atom. The summed E-state index contributed by atoms with van der Waals surface area (Å²) in [5.41, 5.74) is 21.4. The number of nitrogens with zero attached hydrogens (tertiary/aromatic N) is 5. The molecule has 12 N–H and O–H groups in total. The number of fused-ring (bicyclic) bond motifs is 1. The third-order valence-corrected chi connectivity index (χ3v) is 12.2. The second-order valence-corrected chi connectivity index (χ2v) is 18.5. The molecule has 0 saturated heterocycles. The highest BCUT2D eigenvalue weighted by molar-refractivity contribution is 5.99. The van der Waals surface area contributed by atoms with E-state index in [1.165, 1.54) is 24.3 Å². The van der Waals surface area contributed by atoms with E-state index in [1.807, 2.05) is 20.0 Å². The molecule has 26 heteroatoms. The number of guanidine groups is 1. The van der Waals surface area contributed by atoms with Gasteiger partial charge in [0, 0.05) is 54.1 Å². The lowest BCUT2D eigenvalue weighted by Crippen LogP contribution is -2.51. The molecule has 0 spiro atoms. The van der Waals surface area contributed by atoms with Crippen LogP contribution in [0.1, 0.15) is 89.9 Å². The van der Waals surface area contributed by atoms with Crippen molar-refractivity contribution in [3.8, 4) is 11.5 Å². The maximum absolute atomic E-state index is 13.4. The molecule has 5 rings (SSSR count). The van der Waals surface area contributed by atoms with Crippen molar-refractivity contribution in [3.05, 3.63) is 92.9 Å². The maximum Gasteiger partial charge on any atom is 0.336 e. The number of amides is 4. The number of aromatic carboxylic acids is 1. The highest BCUT2D eigenvalue weighted by Gasteiger charge is 2.24. The molecule has 79 heavy (non-hydrogen) atoms. The number of carbonyl (C=O) groups is 5. The Hall–Kier alpha value is -7.94. The Kier molecular flexibility index (Phi) is 26.2. The summed E-state index contributed by atoms with van der Waals surface area (Å²) >= 11 is 0. The van der Waals surface area contributed by atoms with Gasteiger partial charge in [-0.1, -0.05) is 5.21 Å². The molecule has 0 aliphatic carbocycles. The minimum atomic E-state index is -1.08. The van der Waals surface area contributed by atoms with Crippen molar-refractivity contribution in [3.63, 3.8) is 0 Å². The molecular formula is C53H75N13O13. The summed E-state index contributed by atoms with van der Waals surface area (Å²) in [5.74, 6) is -2.62. The van der Waals surface area contributed by atoms with E-state index in [0.29, 0.717) is 106 Å². The van der Waals surface area contributed by atoms with Crippen LogP contribution in [-0.2, 0) is 52.8 Å². The van der Waals surface area contributed by atoms with Crippen molar-refractivity contribution in [1.29, 1.82) is 0 Å². The number of aliphatic imine (C=N–C) groups is 1. The van der Waals surface area contributed by atoms with Crippen LogP contribution in [0.5, 0.6) is 11.5 Å². The number of nitrogens with two attached hydrogens (primary N) is 3. The van der Waals surface area contributed by atoms with Gasteiger partial charge in [0.2, 0.25) is 23.6 Å². The third-order valence-electron chi connectivity index (χ3n) is 12.2. The Bertz CT molecular complexity index is 2830. The zero-order chi connectivity index (χ0) is 56.9. The van der Waals surface area contributed by atoms with E-state index in [-0.39, 0.29) is 57.2 Å². The number of nitrogens with one attached hydrogen (secondary N) is 5. The van der Waals surface area contributed by atoms with Gasteiger partial charge < -0.3 is 71.7 Å². The second-order valence-electron chi connectivity index (χ2n) is 18.5. The normalized spacial score (nSPS) is 11.9. The summed E-state index contributed by atoms with van der Waals surface area (Å²) in [7, 11) is 0. The van der Waals surface area contributed by atoms with E-state index in [2.05, 4.69) is 46.8 Å². The van der Waals surface area contributed by atoms with Crippen LogP contribution in [0.15, 0.2) is 62.9 Å². The molecule has 0 bridgehead atoms. The number of aromatic nitrogens is 5. The number of carbonyl (C=O) groups excluding carboxylic acids is 4. The number of anilines is 1. The van der Waals surface area contributed by atoms with Crippen LogP contribution < -0.4 is 53.6 Å². The zero-order valence-electron chi connectivity index (χ0n) is 45.1. The molecule has 0 saturated carbocycles. The number of carboxylic acid groups (broad SMARTS) is 1. The largest absolute Gasteiger partial charge is 0.493 e. The van der Waals surface area contributed by atoms with Crippen LogP contribution in [-0.4, -0.2) is 150 Å². The molecule has 0 aliphatic heterocycles. The van der Waals surface area contributed by atoms with E-state index < -0.39 is 53.9 Å². The Morgan fingerprint density at radius 2 is 1.46 bits per heavy atom. The first-order valence-electron chi connectivity index (χ1n) is 26.3. The SMILES string of the molecule is Cc1n[nH]c(C)c1CCCOc1cc(OCCCc2cn(CCOCCOCCOCCC(=O)N[C@@H](CCCN=C(N)N)C(=O)NCC(=O)N[C@@H](CCCCN)C(=O)Nc3ccc4c(C)cc(=O)oc4c3)nn2)cc(C(=O)O)c1. The number of aryl methyl sites for hydroxylation is 4. The predicted molar refractivity (Wildman–Crippen MR) is 292 cm³/mol. The lowest BCUT2D eigenvalue weighted by Gasteiger charge is -2.20. The summed E-state index contributed by atoms with van der Waals surface area (Å²) in [4.78, 5) is 80.4. The monoisotopic (exact) mass is 1100 g/mol. The number of hydrogen-bond donors (Lipinski definition) is 9. The molecule has 2 aromatic carbocycles. The van der Waals surface area contributed by atoms with Crippen LogP contribution in [0.3, 0.4) is 0 Å². The Morgan fingerprint density at radius 1 is 0.785 bits per heavy atom. The second kappa shape index (κ2) is 33.4. The molecule has 0 unspecified atom stereocenters. The minimum absolute atomic E-state index is 0.0512. The topological polar surface area (TPSA) is 380 Å². The van der Waals surface area contributed by atoms with Gasteiger partial charge >= 0.3 is 11.6 Å². The summed E-state index contributed by atoms with van der Waals surface area (Å²) in [6, 6.07) is 8.92. The first-order chi connectivity index (χ1) is 38.1. The average Bonchev–Trinajstić information content (AvgIpc) is 4.01. The number of carboxylic acids is 1. The van der Waals surface area contributed by atoms with E-state index in [1.54, 1.807) is 29.8 Å². The maximum atomic E-state index is 13.4. The quantitative estimate of drug-likeness (QED) is 0.0118. The summed E-state index contributed by atoms with van der Waals surface area (Å²) in [5, 5.41) is 36.6. The predicted octanol–water partition coefficient (Wildman–Crippen LogP) is 2.10. The number of H-pyrrole nitrogens is 1. The van der Waals surface area contributed by atoms with Gasteiger partial charge in [-0.25, -0.2) is 14.3 Å². The molecular weight excluding hydrogens is 1030 g/mol. The molecule has 5 aromatic rings. The van der Waals surface area contributed by atoms with Crippen LogP contribution >= 0.6 is 0 Å². The van der Waals surface area contributed by atoms with E-state index in [0.717, 1.165) is 41.1 Å². The number of ether oxygens (including phenoxy) is 5. The fourth-order valence-corrected chi connectivity index (χ4v) is 8.08. The minimum Gasteiger partial charge on any atom is -0.493 e. The summed E-state index contributed by atoms with van der Waals surface area (Å²) in [6.07, 6.45) is 6.42. The number of rotatable bonds is 38. The van der Waals surface area contributed by atoms with Crippen LogP contribution in [0.4, 0.5) is 5.69 Å². The Balaban J connectivity index is 0.928. The fraction of sp³-hybridized carbons (Fsp3) is 0.509. The third kappa shape index (κ3) is 22.5. The molecule has 3 heterocycles. The summed E-state index contributed by atoms with van der Waals surface area (Å²) < 4.78 is 35.6. The summed E-state index contributed by atoms with van der Waals surface area (Å²) in [6.45, 7) is 8.56. The van der Waals surface area contributed by atoms with Gasteiger partial charge in [-0.2, -0.15) is 5.10 Å². The highest BCUT2D eigenvalue weighted by atomic mass is 16.5. The molecule has 26 nitrogen and oxygen atoms in total. The van der Waals surface area contributed by atoms with Crippen molar-refractivity contribution in [2.75, 3.05) is 77.8 Å². The van der Waals surface area contributed by atoms with E-state index >= 15 is 0 Å². The van der Waals surface area contributed by atoms with Crippen molar-refractivity contribution < 1.29 is 57.2 Å². The van der Waals surface area contributed by atoms with Crippen LogP contribution in [0, 0.1) is 20.8 Å². The standard InChI is InChI=1S/C53H75N13O13/c1-34-27-49(69)79-46-30-38(13-14-42(34)46)59-51(71)45(11-4-5-16-54)61-48(68)32-58-50(70)44(12-6-17-57-53(55)56)60-47(67)15-21-74-23-25-76-26-24-75-22-18-66-33-39(64-65-66)9-7-19-77-40-28-37(52(72)73)29-41(31-40)78-20-8-10-43-35(2)62-63-36(43)3/h13-14,27-31,33,44-45H,4-12,15-26,32,54H2,1-3H3,(H,58,70)(H,59,71)(H,60,67)(H,61,68)(H,62,63)(H,72,73)(H4,55,56,57)/t44-,45-/m0/s1. The number of benzene rings is 2. The molecule has 2 atom stereocenters. The van der Waals surface area contributed by atoms with Crippen LogP contribution in [0.2, 0.25) is 0 Å². The van der Waals surface area contributed by atoms with Crippen molar-refractivity contribution in [1.82, 2.24) is 41.1 Å². The van der Waals surface area contributed by atoms with Crippen molar-refractivity contribution in [2.24, 2.45) is 22.2 Å². The van der Waals surface area contributed by atoms with Gasteiger partial charge in [0.1, 0.15) is 29.2 Å². The van der Waals surface area contributed by atoms with E-state index in [4.69, 9.17) is 45.3 Å². The first-order valence-corrected chi connectivity index (χ1v) is 26.3. The smallest absolute Gasteiger partial charge is 0.336 e. The highest BCUT2D eigenvalue weighted by Crippen LogP contribution is 2.25. The Labute approximate surface area is 457 Å². The molecule has 430 valence electrons. The van der Waals surface area contributed by atoms with Gasteiger partial charge in [0.25, 0.3) is 0 Å².